The monoisotopic (exact) mass is 397 g/mol. The summed E-state index contributed by atoms with van der Waals surface area (Å²) in [4.78, 5) is 25.3. The molecule has 2 heterocycles. The van der Waals surface area contributed by atoms with Crippen molar-refractivity contribution >= 4 is 17.5 Å². The quantitative estimate of drug-likeness (QED) is 0.350. The van der Waals surface area contributed by atoms with Gasteiger partial charge in [0.15, 0.2) is 11.5 Å². The molecule has 0 aliphatic carbocycles. The molecular formula is C24H19N3O3. The van der Waals surface area contributed by atoms with Crippen molar-refractivity contribution in [2.24, 2.45) is 4.99 Å². The van der Waals surface area contributed by atoms with Crippen molar-refractivity contribution in [3.8, 4) is 11.5 Å². The summed E-state index contributed by atoms with van der Waals surface area (Å²) in [7, 11) is 1.30. The maximum absolute atomic E-state index is 11.7. The second-order valence-electron chi connectivity index (χ2n) is 6.58. The molecule has 2 aromatic carbocycles. The number of carbonyl (C=O) groups is 1. The van der Waals surface area contributed by atoms with Crippen molar-refractivity contribution in [1.29, 1.82) is 0 Å². The Balaban J connectivity index is 1.80. The summed E-state index contributed by atoms with van der Waals surface area (Å²) >= 11 is 0. The maximum atomic E-state index is 11.7. The summed E-state index contributed by atoms with van der Waals surface area (Å²) in [6, 6.07) is 23.5. The van der Waals surface area contributed by atoms with E-state index in [2.05, 4.69) is 14.7 Å². The Morgan fingerprint density at radius 3 is 2.17 bits per heavy atom. The van der Waals surface area contributed by atoms with Crippen LogP contribution in [0.15, 0.2) is 88.5 Å². The van der Waals surface area contributed by atoms with Gasteiger partial charge in [0.2, 0.25) is 5.89 Å². The van der Waals surface area contributed by atoms with Crippen LogP contribution in [0, 0.1) is 6.92 Å². The van der Waals surface area contributed by atoms with Crippen LogP contribution >= 0.6 is 0 Å². The fourth-order valence-corrected chi connectivity index (χ4v) is 3.04. The number of aromatic nitrogens is 2. The molecule has 4 rings (SSSR count). The molecule has 4 aromatic rings. The summed E-state index contributed by atoms with van der Waals surface area (Å²) in [5.41, 5.74) is 4.32. The molecule has 0 amide bonds. The summed E-state index contributed by atoms with van der Waals surface area (Å²) in [5.74, 6) is 0.272. The van der Waals surface area contributed by atoms with Crippen LogP contribution < -0.4 is 0 Å². The van der Waals surface area contributed by atoms with Crippen LogP contribution in [0.2, 0.25) is 0 Å². The minimum Gasteiger partial charge on any atom is -0.464 e. The Hall–Kier alpha value is -4.06. The number of aryl methyl sites for hydroxylation is 1. The molecule has 0 spiro atoms. The molecule has 0 saturated carbocycles. The lowest BCUT2D eigenvalue weighted by molar-refractivity contribution is 0.0594. The van der Waals surface area contributed by atoms with Crippen LogP contribution in [0.1, 0.15) is 27.3 Å². The van der Waals surface area contributed by atoms with Crippen LogP contribution in [0.3, 0.4) is 0 Å². The van der Waals surface area contributed by atoms with Gasteiger partial charge in [0.1, 0.15) is 6.26 Å². The molecule has 0 aliphatic rings. The lowest BCUT2D eigenvalue weighted by atomic mass is 10.0. The molecule has 0 radical (unpaired) electrons. The number of aliphatic imine (C=N–C) groups is 1. The van der Waals surface area contributed by atoms with Crippen LogP contribution in [0.25, 0.3) is 11.5 Å². The first-order chi connectivity index (χ1) is 14.6. The predicted molar refractivity (Wildman–Crippen MR) is 114 cm³/mol. The molecule has 6 nitrogen and oxygen atoms in total. The topological polar surface area (TPSA) is 77.6 Å². The van der Waals surface area contributed by atoms with Crippen LogP contribution in [0.4, 0.5) is 5.82 Å². The van der Waals surface area contributed by atoms with E-state index in [1.54, 1.807) is 6.07 Å². The Morgan fingerprint density at radius 1 is 0.933 bits per heavy atom. The Kier molecular flexibility index (Phi) is 5.48. The zero-order valence-electron chi connectivity index (χ0n) is 16.6. The summed E-state index contributed by atoms with van der Waals surface area (Å²) in [5, 5.41) is 0. The summed E-state index contributed by atoms with van der Waals surface area (Å²) < 4.78 is 10.2. The van der Waals surface area contributed by atoms with Crippen molar-refractivity contribution in [3.05, 3.63) is 102 Å². The van der Waals surface area contributed by atoms with Gasteiger partial charge in [0.25, 0.3) is 0 Å². The zero-order valence-corrected chi connectivity index (χ0v) is 16.6. The first kappa shape index (κ1) is 19.3. The number of hydrogen-bond acceptors (Lipinski definition) is 6. The van der Waals surface area contributed by atoms with E-state index in [0.29, 0.717) is 17.3 Å². The van der Waals surface area contributed by atoms with Crippen LogP contribution in [-0.4, -0.2) is 28.8 Å². The molecule has 0 N–H and O–H groups in total. The van der Waals surface area contributed by atoms with E-state index < -0.39 is 5.97 Å². The van der Waals surface area contributed by atoms with Crippen molar-refractivity contribution < 1.29 is 13.9 Å². The predicted octanol–water partition coefficient (Wildman–Crippen LogP) is 5.00. The molecule has 0 unspecified atom stereocenters. The van der Waals surface area contributed by atoms with Gasteiger partial charge >= 0.3 is 5.97 Å². The first-order valence-corrected chi connectivity index (χ1v) is 9.36. The second kappa shape index (κ2) is 8.53. The van der Waals surface area contributed by atoms with Crippen LogP contribution in [0.5, 0.6) is 0 Å². The number of nitrogens with zero attached hydrogens (tertiary/aromatic N) is 3. The molecule has 0 atom stereocenters. The fourth-order valence-electron chi connectivity index (χ4n) is 3.04. The number of carbonyl (C=O) groups excluding carboxylic acids is 1. The third-order valence-electron chi connectivity index (χ3n) is 4.41. The van der Waals surface area contributed by atoms with E-state index in [1.165, 1.54) is 13.4 Å². The molecule has 0 aliphatic heterocycles. The number of ether oxygens (including phenoxy) is 1. The summed E-state index contributed by atoms with van der Waals surface area (Å²) in [6.45, 7) is 1.87. The standard InChI is InChI=1S/C24H19N3O3/c1-16-13-19(23-26-20(15-30-23)24(28)29-2)14-21(25-16)27-22(17-9-5-3-6-10-17)18-11-7-4-8-12-18/h3-15H,1-2H3. The van der Waals surface area contributed by atoms with Gasteiger partial charge in [-0.05, 0) is 19.1 Å². The highest BCUT2D eigenvalue weighted by Gasteiger charge is 2.15. The van der Waals surface area contributed by atoms with Gasteiger partial charge in [-0.3, -0.25) is 0 Å². The van der Waals surface area contributed by atoms with Crippen molar-refractivity contribution in [2.45, 2.75) is 6.92 Å². The van der Waals surface area contributed by atoms with Gasteiger partial charge < -0.3 is 9.15 Å². The Morgan fingerprint density at radius 2 is 1.57 bits per heavy atom. The van der Waals surface area contributed by atoms with Crippen molar-refractivity contribution in [2.75, 3.05) is 7.11 Å². The molecule has 30 heavy (non-hydrogen) atoms. The van der Waals surface area contributed by atoms with E-state index in [9.17, 15) is 4.79 Å². The lowest BCUT2D eigenvalue weighted by Crippen LogP contribution is -2.03. The van der Waals surface area contributed by atoms with Crippen molar-refractivity contribution in [1.82, 2.24) is 9.97 Å². The smallest absolute Gasteiger partial charge is 0.360 e. The highest BCUT2D eigenvalue weighted by atomic mass is 16.5. The zero-order chi connectivity index (χ0) is 20.9. The van der Waals surface area contributed by atoms with Crippen LogP contribution in [-0.2, 0) is 4.74 Å². The highest BCUT2D eigenvalue weighted by Crippen LogP contribution is 2.25. The van der Waals surface area contributed by atoms with E-state index in [4.69, 9.17) is 9.41 Å². The third kappa shape index (κ3) is 4.17. The number of rotatable bonds is 5. The largest absolute Gasteiger partial charge is 0.464 e. The molecule has 0 saturated heterocycles. The van der Waals surface area contributed by atoms with E-state index in [-0.39, 0.29) is 5.69 Å². The molecule has 0 bridgehead atoms. The Labute approximate surface area is 173 Å². The minimum atomic E-state index is -0.551. The molecular weight excluding hydrogens is 378 g/mol. The molecule has 2 aromatic heterocycles. The number of hydrogen-bond donors (Lipinski definition) is 0. The number of benzene rings is 2. The maximum Gasteiger partial charge on any atom is 0.360 e. The van der Waals surface area contributed by atoms with Gasteiger partial charge in [0, 0.05) is 22.4 Å². The van der Waals surface area contributed by atoms with Gasteiger partial charge in [-0.15, -0.1) is 0 Å². The van der Waals surface area contributed by atoms with E-state index in [1.807, 2.05) is 73.7 Å². The number of methoxy groups -OCH3 is 1. The average molecular weight is 397 g/mol. The number of oxazole rings is 1. The minimum absolute atomic E-state index is 0.112. The number of pyridine rings is 1. The highest BCUT2D eigenvalue weighted by molar-refractivity contribution is 6.13. The van der Waals surface area contributed by atoms with E-state index >= 15 is 0 Å². The fraction of sp³-hybridized carbons (Fsp3) is 0.0833. The number of esters is 1. The summed E-state index contributed by atoms with van der Waals surface area (Å²) in [6.07, 6.45) is 1.28. The molecule has 0 fully saturated rings. The van der Waals surface area contributed by atoms with Gasteiger partial charge in [-0.1, -0.05) is 60.7 Å². The van der Waals surface area contributed by atoms with Gasteiger partial charge in [0.05, 0.1) is 12.8 Å². The normalized spacial score (nSPS) is 10.5. The third-order valence-corrected chi connectivity index (χ3v) is 4.41. The molecule has 148 valence electrons. The first-order valence-electron chi connectivity index (χ1n) is 9.36. The SMILES string of the molecule is COC(=O)c1coc(-c2cc(C)nc(N=C(c3ccccc3)c3ccccc3)c2)n1. The van der Waals surface area contributed by atoms with Gasteiger partial charge in [-0.2, -0.15) is 0 Å². The Bertz CT molecular complexity index is 1160. The average Bonchev–Trinajstić information content (AvgIpc) is 3.28. The van der Waals surface area contributed by atoms with Crippen molar-refractivity contribution in [3.63, 3.8) is 0 Å². The second-order valence-corrected chi connectivity index (χ2v) is 6.58. The van der Waals surface area contributed by atoms with Gasteiger partial charge in [-0.25, -0.2) is 19.8 Å². The van der Waals surface area contributed by atoms with E-state index in [0.717, 1.165) is 22.5 Å². The molecule has 6 heteroatoms. The lowest BCUT2D eigenvalue weighted by Gasteiger charge is -2.08.